The van der Waals surface area contributed by atoms with Gasteiger partial charge < -0.3 is 11.1 Å². The maximum Gasteiger partial charge on any atom is 0.246 e. The first-order valence-electron chi connectivity index (χ1n) is 4.94. The number of benzene rings is 1. The summed E-state index contributed by atoms with van der Waals surface area (Å²) in [4.78, 5) is 15.4. The molecule has 2 rings (SSSR count). The summed E-state index contributed by atoms with van der Waals surface area (Å²) in [5.74, 6) is -0.104. The molecule has 0 saturated heterocycles. The van der Waals surface area contributed by atoms with Crippen molar-refractivity contribution in [2.24, 2.45) is 0 Å². The Morgan fingerprint density at radius 3 is 2.94 bits per heavy atom. The first kappa shape index (κ1) is 12.8. The van der Waals surface area contributed by atoms with E-state index < -0.39 is 0 Å². The molecular formula is C10H9BrClN5O. The second-order valence-electron chi connectivity index (χ2n) is 3.48. The van der Waals surface area contributed by atoms with Crippen molar-refractivity contribution in [3.05, 3.63) is 34.0 Å². The number of carbonyl (C=O) groups is 1. The number of amides is 1. The van der Waals surface area contributed by atoms with Crippen LogP contribution in [0.1, 0.15) is 0 Å². The van der Waals surface area contributed by atoms with Gasteiger partial charge in [0.25, 0.3) is 0 Å². The van der Waals surface area contributed by atoms with Crippen LogP contribution in [0.3, 0.4) is 0 Å². The number of nitrogens with one attached hydrogen (secondary N) is 1. The number of anilines is 2. The second-order valence-corrected chi connectivity index (χ2v) is 4.74. The highest BCUT2D eigenvalue weighted by Crippen LogP contribution is 2.25. The summed E-state index contributed by atoms with van der Waals surface area (Å²) >= 11 is 9.19. The number of rotatable bonds is 3. The molecule has 1 amide bonds. The van der Waals surface area contributed by atoms with Gasteiger partial charge in [-0.25, -0.2) is 9.67 Å². The average Bonchev–Trinajstić information content (AvgIpc) is 2.69. The molecule has 0 fully saturated rings. The predicted molar refractivity (Wildman–Crippen MR) is 72.2 cm³/mol. The fraction of sp³-hybridized carbons (Fsp3) is 0.100. The highest BCUT2D eigenvalue weighted by molar-refractivity contribution is 9.10. The van der Waals surface area contributed by atoms with E-state index in [1.807, 2.05) is 0 Å². The lowest BCUT2D eigenvalue weighted by molar-refractivity contribution is -0.116. The van der Waals surface area contributed by atoms with Crippen LogP contribution in [0.4, 0.5) is 11.6 Å². The van der Waals surface area contributed by atoms with Crippen molar-refractivity contribution in [3.63, 3.8) is 0 Å². The van der Waals surface area contributed by atoms with E-state index in [-0.39, 0.29) is 18.4 Å². The second kappa shape index (κ2) is 5.36. The molecule has 2 aromatic rings. The number of halogens is 2. The Labute approximate surface area is 116 Å². The van der Waals surface area contributed by atoms with E-state index in [9.17, 15) is 4.79 Å². The van der Waals surface area contributed by atoms with Gasteiger partial charge in [0.2, 0.25) is 11.9 Å². The van der Waals surface area contributed by atoms with Crippen LogP contribution < -0.4 is 11.1 Å². The minimum absolute atomic E-state index is 0.0396. The van der Waals surface area contributed by atoms with Crippen LogP contribution in [0.15, 0.2) is 29.0 Å². The molecule has 0 unspecified atom stereocenters. The normalized spacial score (nSPS) is 10.3. The zero-order chi connectivity index (χ0) is 13.1. The standard InChI is InChI=1S/C10H9BrClN5O/c11-7-2-1-6(3-8(7)12)15-9(18)4-17-5-14-10(13)16-17/h1-3,5H,4H2,(H2,13,16)(H,15,18). The molecule has 18 heavy (non-hydrogen) atoms. The molecule has 0 aliphatic carbocycles. The van der Waals surface area contributed by atoms with E-state index in [1.165, 1.54) is 11.0 Å². The first-order chi connectivity index (χ1) is 8.54. The Morgan fingerprint density at radius 2 is 2.33 bits per heavy atom. The molecule has 3 N–H and O–H groups in total. The first-order valence-corrected chi connectivity index (χ1v) is 6.11. The van der Waals surface area contributed by atoms with Crippen LogP contribution in [-0.4, -0.2) is 20.7 Å². The predicted octanol–water partition coefficient (Wildman–Crippen LogP) is 1.91. The van der Waals surface area contributed by atoms with Crippen LogP contribution in [0, 0.1) is 0 Å². The Kier molecular flexibility index (Phi) is 3.83. The molecule has 0 atom stereocenters. The molecule has 0 radical (unpaired) electrons. The summed E-state index contributed by atoms with van der Waals surface area (Å²) < 4.78 is 2.12. The fourth-order valence-corrected chi connectivity index (χ4v) is 1.73. The number of aromatic nitrogens is 3. The van der Waals surface area contributed by atoms with E-state index >= 15 is 0 Å². The number of hydrogen-bond acceptors (Lipinski definition) is 4. The van der Waals surface area contributed by atoms with Gasteiger partial charge in [-0.05, 0) is 34.1 Å². The maximum atomic E-state index is 11.7. The molecule has 8 heteroatoms. The average molecular weight is 331 g/mol. The Bertz CT molecular complexity index is 585. The summed E-state index contributed by atoms with van der Waals surface area (Å²) in [5.41, 5.74) is 5.96. The van der Waals surface area contributed by atoms with E-state index in [0.29, 0.717) is 10.7 Å². The minimum atomic E-state index is -0.238. The van der Waals surface area contributed by atoms with E-state index in [1.54, 1.807) is 18.2 Å². The molecule has 0 aliphatic heterocycles. The number of nitrogens with zero attached hydrogens (tertiary/aromatic N) is 3. The van der Waals surface area contributed by atoms with Gasteiger partial charge in [0.15, 0.2) is 0 Å². The topological polar surface area (TPSA) is 85.8 Å². The molecule has 0 bridgehead atoms. The van der Waals surface area contributed by atoms with Crippen molar-refractivity contribution < 1.29 is 4.79 Å². The molecule has 0 aliphatic rings. The van der Waals surface area contributed by atoms with Gasteiger partial charge in [0.1, 0.15) is 12.9 Å². The lowest BCUT2D eigenvalue weighted by Gasteiger charge is -2.06. The molecule has 0 saturated carbocycles. The Hall–Kier alpha value is -1.60. The highest BCUT2D eigenvalue weighted by atomic mass is 79.9. The van der Waals surface area contributed by atoms with E-state index in [4.69, 9.17) is 17.3 Å². The van der Waals surface area contributed by atoms with Gasteiger partial charge in [-0.1, -0.05) is 11.6 Å². The Morgan fingerprint density at radius 1 is 1.56 bits per heavy atom. The smallest absolute Gasteiger partial charge is 0.246 e. The maximum absolute atomic E-state index is 11.7. The fourth-order valence-electron chi connectivity index (χ4n) is 1.31. The molecule has 6 nitrogen and oxygen atoms in total. The summed E-state index contributed by atoms with van der Waals surface area (Å²) in [7, 11) is 0. The van der Waals surface area contributed by atoms with Gasteiger partial charge >= 0.3 is 0 Å². The lowest BCUT2D eigenvalue weighted by atomic mass is 10.3. The van der Waals surface area contributed by atoms with E-state index in [2.05, 4.69) is 31.3 Å². The third-order valence-electron chi connectivity index (χ3n) is 2.06. The zero-order valence-electron chi connectivity index (χ0n) is 9.10. The van der Waals surface area contributed by atoms with Crippen LogP contribution in [-0.2, 0) is 11.3 Å². The molecule has 1 aromatic carbocycles. The number of nitrogens with two attached hydrogens (primary N) is 1. The van der Waals surface area contributed by atoms with Crippen LogP contribution in [0.2, 0.25) is 5.02 Å². The van der Waals surface area contributed by atoms with Crippen molar-refractivity contribution in [1.29, 1.82) is 0 Å². The summed E-state index contributed by atoms with van der Waals surface area (Å²) in [6.45, 7) is 0.0396. The summed E-state index contributed by atoms with van der Waals surface area (Å²) in [5, 5.41) is 7.03. The van der Waals surface area contributed by atoms with Gasteiger partial charge in [0.05, 0.1) is 5.02 Å². The van der Waals surface area contributed by atoms with Crippen molar-refractivity contribution in [2.45, 2.75) is 6.54 Å². The summed E-state index contributed by atoms with van der Waals surface area (Å²) in [6.07, 6.45) is 1.39. The molecular weight excluding hydrogens is 322 g/mol. The van der Waals surface area contributed by atoms with Crippen molar-refractivity contribution >= 4 is 45.1 Å². The van der Waals surface area contributed by atoms with Crippen LogP contribution in [0.25, 0.3) is 0 Å². The largest absolute Gasteiger partial charge is 0.367 e. The Balaban J connectivity index is 2.00. The van der Waals surface area contributed by atoms with Crippen LogP contribution >= 0.6 is 27.5 Å². The number of hydrogen-bond donors (Lipinski definition) is 2. The monoisotopic (exact) mass is 329 g/mol. The number of nitrogen functional groups attached to an aromatic ring is 1. The lowest BCUT2D eigenvalue weighted by Crippen LogP contribution is -2.19. The molecule has 1 heterocycles. The van der Waals surface area contributed by atoms with Gasteiger partial charge in [-0.2, -0.15) is 0 Å². The third kappa shape index (κ3) is 3.21. The van der Waals surface area contributed by atoms with Crippen molar-refractivity contribution in [2.75, 3.05) is 11.1 Å². The molecule has 0 spiro atoms. The SMILES string of the molecule is Nc1ncn(CC(=O)Nc2ccc(Br)c(Cl)c2)n1. The van der Waals surface area contributed by atoms with Gasteiger partial charge in [-0.15, -0.1) is 5.10 Å². The third-order valence-corrected chi connectivity index (χ3v) is 3.30. The summed E-state index contributed by atoms with van der Waals surface area (Å²) in [6, 6.07) is 5.15. The quantitative estimate of drug-likeness (QED) is 0.900. The van der Waals surface area contributed by atoms with Gasteiger partial charge in [0, 0.05) is 10.2 Å². The van der Waals surface area contributed by atoms with Crippen LogP contribution in [0.5, 0.6) is 0 Å². The van der Waals surface area contributed by atoms with Gasteiger partial charge in [-0.3, -0.25) is 4.79 Å². The van der Waals surface area contributed by atoms with Crippen molar-refractivity contribution in [3.8, 4) is 0 Å². The number of carbonyl (C=O) groups excluding carboxylic acids is 1. The molecule has 1 aromatic heterocycles. The molecule has 94 valence electrons. The minimum Gasteiger partial charge on any atom is -0.367 e. The van der Waals surface area contributed by atoms with Crippen molar-refractivity contribution in [1.82, 2.24) is 14.8 Å². The highest BCUT2D eigenvalue weighted by Gasteiger charge is 2.06. The van der Waals surface area contributed by atoms with E-state index in [0.717, 1.165) is 4.47 Å². The zero-order valence-corrected chi connectivity index (χ0v) is 11.4.